The second-order valence-electron chi connectivity index (χ2n) is 3.38. The number of para-hydroxylation sites is 1. The summed E-state index contributed by atoms with van der Waals surface area (Å²) in [5.41, 5.74) is 0.530. The molecule has 1 aromatic carbocycles. The van der Waals surface area contributed by atoms with E-state index >= 15 is 0 Å². The highest BCUT2D eigenvalue weighted by molar-refractivity contribution is 5.97. The van der Waals surface area contributed by atoms with Crippen molar-refractivity contribution in [2.24, 2.45) is 0 Å². The van der Waals surface area contributed by atoms with Gasteiger partial charge in [0, 0.05) is 11.6 Å². The molecule has 0 spiro atoms. The number of nitrogens with zero attached hydrogens (tertiary/aromatic N) is 2. The van der Waals surface area contributed by atoms with Crippen LogP contribution in [0.25, 0.3) is 10.9 Å². The van der Waals surface area contributed by atoms with E-state index < -0.39 is 11.7 Å². The van der Waals surface area contributed by atoms with E-state index in [2.05, 4.69) is 10.3 Å². The van der Waals surface area contributed by atoms with E-state index in [0.717, 1.165) is 0 Å². The molecule has 17 heavy (non-hydrogen) atoms. The van der Waals surface area contributed by atoms with Gasteiger partial charge in [-0.3, -0.25) is 9.78 Å². The lowest BCUT2D eigenvalue weighted by Crippen LogP contribution is -2.23. The maximum atomic E-state index is 13.3. The highest BCUT2D eigenvalue weighted by Gasteiger charge is 2.08. The van der Waals surface area contributed by atoms with E-state index in [4.69, 9.17) is 5.26 Å². The van der Waals surface area contributed by atoms with Gasteiger partial charge in [0.25, 0.3) is 5.91 Å². The van der Waals surface area contributed by atoms with E-state index in [1.54, 1.807) is 18.2 Å². The van der Waals surface area contributed by atoms with Crippen molar-refractivity contribution in [3.63, 3.8) is 0 Å². The van der Waals surface area contributed by atoms with Gasteiger partial charge >= 0.3 is 0 Å². The third-order valence-corrected chi connectivity index (χ3v) is 2.25. The molecule has 0 unspecified atom stereocenters. The van der Waals surface area contributed by atoms with Crippen molar-refractivity contribution in [3.8, 4) is 6.07 Å². The van der Waals surface area contributed by atoms with Crippen molar-refractivity contribution in [1.29, 1.82) is 5.26 Å². The zero-order valence-electron chi connectivity index (χ0n) is 8.77. The molecule has 1 heterocycles. The Labute approximate surface area is 96.7 Å². The summed E-state index contributed by atoms with van der Waals surface area (Å²) in [5.74, 6) is -0.823. The monoisotopic (exact) mass is 229 g/mol. The van der Waals surface area contributed by atoms with Crippen molar-refractivity contribution < 1.29 is 9.18 Å². The van der Waals surface area contributed by atoms with Crippen molar-refractivity contribution >= 4 is 16.8 Å². The molecule has 5 heteroatoms. The van der Waals surface area contributed by atoms with E-state index in [1.807, 2.05) is 0 Å². The Hall–Kier alpha value is -2.48. The zero-order chi connectivity index (χ0) is 12.3. The highest BCUT2D eigenvalue weighted by atomic mass is 19.1. The van der Waals surface area contributed by atoms with Crippen LogP contribution in [0.1, 0.15) is 10.4 Å². The number of hydrogen-bond acceptors (Lipinski definition) is 3. The Morgan fingerprint density at radius 2 is 2.35 bits per heavy atom. The number of fused-ring (bicyclic) bond motifs is 1. The zero-order valence-corrected chi connectivity index (χ0v) is 8.77. The molecule has 1 aromatic heterocycles. The number of carbonyl (C=O) groups excluding carboxylic acids is 1. The molecule has 0 bridgehead atoms. The number of aromatic nitrogens is 1. The van der Waals surface area contributed by atoms with Crippen molar-refractivity contribution in [2.45, 2.75) is 0 Å². The molecular weight excluding hydrogens is 221 g/mol. The standard InChI is InChI=1S/C12H8FN3O/c13-10-3-1-2-8-6-9(7-16-11(8)10)12(17)15-5-4-14/h1-3,6-7H,5H2,(H,15,17). The molecular formula is C12H8FN3O. The quantitative estimate of drug-likeness (QED) is 0.796. The van der Waals surface area contributed by atoms with Gasteiger partial charge in [-0.25, -0.2) is 4.39 Å². The third kappa shape index (κ3) is 2.21. The Kier molecular flexibility index (Phi) is 2.97. The van der Waals surface area contributed by atoms with E-state index in [0.29, 0.717) is 10.9 Å². The second-order valence-corrected chi connectivity index (χ2v) is 3.38. The number of pyridine rings is 1. The van der Waals surface area contributed by atoms with Crippen molar-refractivity contribution in [1.82, 2.24) is 10.3 Å². The number of halogens is 1. The Morgan fingerprint density at radius 1 is 1.53 bits per heavy atom. The molecule has 0 aliphatic rings. The Balaban J connectivity index is 2.39. The number of benzene rings is 1. The first-order chi connectivity index (χ1) is 8.22. The summed E-state index contributed by atoms with van der Waals surface area (Å²) in [6.45, 7) is -0.0694. The summed E-state index contributed by atoms with van der Waals surface area (Å²) in [4.78, 5) is 15.4. The van der Waals surface area contributed by atoms with Gasteiger partial charge in [0.2, 0.25) is 0 Å². The molecule has 0 fully saturated rings. The van der Waals surface area contributed by atoms with Gasteiger partial charge in [-0.2, -0.15) is 5.26 Å². The molecule has 0 aliphatic heterocycles. The van der Waals surface area contributed by atoms with Gasteiger partial charge < -0.3 is 5.32 Å². The smallest absolute Gasteiger partial charge is 0.253 e. The predicted molar refractivity (Wildman–Crippen MR) is 59.6 cm³/mol. The van der Waals surface area contributed by atoms with Gasteiger partial charge in [-0.1, -0.05) is 12.1 Å². The van der Waals surface area contributed by atoms with Crippen LogP contribution in [-0.2, 0) is 0 Å². The van der Waals surface area contributed by atoms with Crippen molar-refractivity contribution in [2.75, 3.05) is 6.54 Å². The number of carbonyl (C=O) groups is 1. The average Bonchev–Trinajstić information content (AvgIpc) is 2.36. The molecule has 2 rings (SSSR count). The van der Waals surface area contributed by atoms with Gasteiger partial charge in [0.05, 0.1) is 11.6 Å². The van der Waals surface area contributed by atoms with Crippen molar-refractivity contribution in [3.05, 3.63) is 41.8 Å². The maximum absolute atomic E-state index is 13.3. The molecule has 1 N–H and O–H groups in total. The molecule has 84 valence electrons. The lowest BCUT2D eigenvalue weighted by atomic mass is 10.1. The third-order valence-electron chi connectivity index (χ3n) is 2.25. The first-order valence-electron chi connectivity index (χ1n) is 4.92. The molecule has 0 aliphatic carbocycles. The predicted octanol–water partition coefficient (Wildman–Crippen LogP) is 1.63. The van der Waals surface area contributed by atoms with Crippen LogP contribution in [0.2, 0.25) is 0 Å². The maximum Gasteiger partial charge on any atom is 0.253 e. The summed E-state index contributed by atoms with van der Waals surface area (Å²) in [6, 6.07) is 7.88. The summed E-state index contributed by atoms with van der Waals surface area (Å²) in [6.07, 6.45) is 1.29. The van der Waals surface area contributed by atoms with Crippen LogP contribution in [-0.4, -0.2) is 17.4 Å². The summed E-state index contributed by atoms with van der Waals surface area (Å²) >= 11 is 0. The van der Waals surface area contributed by atoms with Gasteiger partial charge in [0.15, 0.2) is 0 Å². The molecule has 1 amide bonds. The second kappa shape index (κ2) is 4.58. The van der Waals surface area contributed by atoms with Crippen LogP contribution in [0.3, 0.4) is 0 Å². The van der Waals surface area contributed by atoms with Crippen LogP contribution in [0.5, 0.6) is 0 Å². The number of rotatable bonds is 2. The fourth-order valence-electron chi connectivity index (χ4n) is 1.47. The molecule has 0 radical (unpaired) electrons. The molecule has 0 saturated heterocycles. The minimum absolute atomic E-state index is 0.0694. The Bertz CT molecular complexity index is 619. The summed E-state index contributed by atoms with van der Waals surface area (Å²) in [5, 5.41) is 11.3. The van der Waals surface area contributed by atoms with E-state index in [1.165, 1.54) is 18.3 Å². The minimum atomic E-state index is -0.425. The average molecular weight is 229 g/mol. The molecule has 4 nitrogen and oxygen atoms in total. The number of hydrogen-bond donors (Lipinski definition) is 1. The van der Waals surface area contributed by atoms with Crippen LogP contribution in [0, 0.1) is 17.1 Å². The van der Waals surface area contributed by atoms with Gasteiger partial charge in [-0.15, -0.1) is 0 Å². The van der Waals surface area contributed by atoms with Crippen LogP contribution in [0.4, 0.5) is 4.39 Å². The van der Waals surface area contributed by atoms with Crippen LogP contribution >= 0.6 is 0 Å². The lowest BCUT2D eigenvalue weighted by Gasteiger charge is -2.03. The fourth-order valence-corrected chi connectivity index (χ4v) is 1.47. The van der Waals surface area contributed by atoms with E-state index in [9.17, 15) is 9.18 Å². The summed E-state index contributed by atoms with van der Waals surface area (Å²) in [7, 11) is 0. The summed E-state index contributed by atoms with van der Waals surface area (Å²) < 4.78 is 13.3. The van der Waals surface area contributed by atoms with Gasteiger partial charge in [-0.05, 0) is 12.1 Å². The molecule has 0 atom stereocenters. The largest absolute Gasteiger partial charge is 0.339 e. The fraction of sp³-hybridized carbons (Fsp3) is 0.0833. The normalized spacial score (nSPS) is 9.88. The van der Waals surface area contributed by atoms with Gasteiger partial charge in [0.1, 0.15) is 17.9 Å². The minimum Gasteiger partial charge on any atom is -0.339 e. The highest BCUT2D eigenvalue weighted by Crippen LogP contribution is 2.16. The molecule has 2 aromatic rings. The SMILES string of the molecule is N#CCNC(=O)c1cnc2c(F)cccc2c1. The topological polar surface area (TPSA) is 65.8 Å². The number of nitrogens with one attached hydrogen (secondary N) is 1. The Morgan fingerprint density at radius 3 is 3.12 bits per heavy atom. The van der Waals surface area contributed by atoms with E-state index in [-0.39, 0.29) is 12.1 Å². The molecule has 0 saturated carbocycles. The lowest BCUT2D eigenvalue weighted by molar-refractivity contribution is 0.0958. The first kappa shape index (κ1) is 11.0. The number of amides is 1. The number of nitriles is 1. The first-order valence-corrected chi connectivity index (χ1v) is 4.92. The van der Waals surface area contributed by atoms with Crippen LogP contribution < -0.4 is 5.32 Å². The van der Waals surface area contributed by atoms with Crippen LogP contribution in [0.15, 0.2) is 30.5 Å².